The van der Waals surface area contributed by atoms with E-state index in [1.165, 1.54) is 0 Å². The highest BCUT2D eigenvalue weighted by atomic mass is 35.5. The molecule has 0 saturated carbocycles. The van der Waals surface area contributed by atoms with Gasteiger partial charge in [0.2, 0.25) is 0 Å². The molecule has 1 aliphatic heterocycles. The van der Waals surface area contributed by atoms with Gasteiger partial charge in [0.05, 0.1) is 5.92 Å². The molecule has 0 bridgehead atoms. The third-order valence-corrected chi connectivity index (χ3v) is 4.48. The van der Waals surface area contributed by atoms with E-state index in [1.807, 2.05) is 6.07 Å². The lowest BCUT2D eigenvalue weighted by Gasteiger charge is -2.43. The fraction of sp³-hybridized carbons (Fsp3) is 0.571. The number of benzene rings is 1. The lowest BCUT2D eigenvalue weighted by atomic mass is 9.70. The number of alkyl halides is 3. The molecule has 1 aromatic carbocycles. The monoisotopic (exact) mass is 290 g/mol. The standard InChI is InChI=1S/C14H14ClF3O/c15-10-4-2-9-3-5-12(14(16,17)18)13(11(9)8-10)6-1-7-19-13/h2,4,8,12H,1,3,5-7H2/t12-,13-/m0/s1. The van der Waals surface area contributed by atoms with Crippen molar-refractivity contribution in [2.24, 2.45) is 5.92 Å². The molecular weight excluding hydrogens is 277 g/mol. The van der Waals surface area contributed by atoms with Crippen molar-refractivity contribution in [3.63, 3.8) is 0 Å². The van der Waals surface area contributed by atoms with Gasteiger partial charge in [-0.25, -0.2) is 0 Å². The van der Waals surface area contributed by atoms with Crippen LogP contribution in [0.2, 0.25) is 5.02 Å². The number of halogens is 4. The molecule has 0 unspecified atom stereocenters. The van der Waals surface area contributed by atoms with Crippen molar-refractivity contribution in [1.82, 2.24) is 0 Å². The van der Waals surface area contributed by atoms with Crippen molar-refractivity contribution < 1.29 is 17.9 Å². The van der Waals surface area contributed by atoms with Gasteiger partial charge in [0.25, 0.3) is 0 Å². The Morgan fingerprint density at radius 1 is 1.32 bits per heavy atom. The average Bonchev–Trinajstić information content (AvgIpc) is 2.79. The molecule has 19 heavy (non-hydrogen) atoms. The van der Waals surface area contributed by atoms with Crippen LogP contribution in [0.15, 0.2) is 18.2 Å². The van der Waals surface area contributed by atoms with E-state index in [2.05, 4.69) is 0 Å². The Labute approximate surface area is 114 Å². The molecule has 1 aromatic rings. The summed E-state index contributed by atoms with van der Waals surface area (Å²) >= 11 is 5.96. The van der Waals surface area contributed by atoms with Crippen LogP contribution < -0.4 is 0 Å². The summed E-state index contributed by atoms with van der Waals surface area (Å²) in [7, 11) is 0. The summed E-state index contributed by atoms with van der Waals surface area (Å²) in [4.78, 5) is 0. The van der Waals surface area contributed by atoms with Crippen molar-refractivity contribution in [1.29, 1.82) is 0 Å². The van der Waals surface area contributed by atoms with Gasteiger partial charge >= 0.3 is 6.18 Å². The van der Waals surface area contributed by atoms with Crippen LogP contribution in [0, 0.1) is 5.92 Å². The zero-order valence-corrected chi connectivity index (χ0v) is 11.0. The fourth-order valence-corrected chi connectivity index (χ4v) is 3.63. The third-order valence-electron chi connectivity index (χ3n) is 4.24. The van der Waals surface area contributed by atoms with Gasteiger partial charge in [-0.05, 0) is 48.9 Å². The second kappa shape index (κ2) is 4.38. The minimum Gasteiger partial charge on any atom is -0.370 e. The molecule has 2 aliphatic rings. The molecule has 1 fully saturated rings. The maximum absolute atomic E-state index is 13.3. The van der Waals surface area contributed by atoms with Crippen molar-refractivity contribution in [2.45, 2.75) is 37.5 Å². The minimum absolute atomic E-state index is 0.0954. The molecule has 1 heterocycles. The molecule has 0 N–H and O–H groups in total. The van der Waals surface area contributed by atoms with Crippen molar-refractivity contribution in [2.75, 3.05) is 6.61 Å². The average molecular weight is 291 g/mol. The van der Waals surface area contributed by atoms with E-state index >= 15 is 0 Å². The van der Waals surface area contributed by atoms with E-state index < -0.39 is 17.7 Å². The Morgan fingerprint density at radius 3 is 2.74 bits per heavy atom. The predicted molar refractivity (Wildman–Crippen MR) is 66.2 cm³/mol. The van der Waals surface area contributed by atoms with E-state index in [0.29, 0.717) is 36.5 Å². The summed E-state index contributed by atoms with van der Waals surface area (Å²) in [6.45, 7) is 0.387. The zero-order chi connectivity index (χ0) is 13.7. The first-order chi connectivity index (χ1) is 8.93. The van der Waals surface area contributed by atoms with Gasteiger partial charge in [0.1, 0.15) is 5.60 Å². The number of aryl methyl sites for hydroxylation is 1. The Bertz CT molecular complexity index is 492. The van der Waals surface area contributed by atoms with Crippen LogP contribution in [0.3, 0.4) is 0 Å². The van der Waals surface area contributed by atoms with Gasteiger partial charge in [0, 0.05) is 11.6 Å². The molecule has 2 atom stereocenters. The van der Waals surface area contributed by atoms with E-state index in [1.54, 1.807) is 12.1 Å². The van der Waals surface area contributed by atoms with Crippen LogP contribution in [0.4, 0.5) is 13.2 Å². The van der Waals surface area contributed by atoms with Crippen LogP contribution in [0.25, 0.3) is 0 Å². The van der Waals surface area contributed by atoms with Crippen LogP contribution in [-0.4, -0.2) is 12.8 Å². The summed E-state index contributed by atoms with van der Waals surface area (Å²) in [5, 5.41) is 0.469. The van der Waals surface area contributed by atoms with Crippen molar-refractivity contribution in [3.8, 4) is 0 Å². The topological polar surface area (TPSA) is 9.23 Å². The first-order valence-electron chi connectivity index (χ1n) is 6.43. The molecule has 1 spiro atoms. The lowest BCUT2D eigenvalue weighted by molar-refractivity contribution is -0.237. The van der Waals surface area contributed by atoms with Crippen molar-refractivity contribution >= 4 is 11.6 Å². The Hall–Kier alpha value is -0.740. The highest BCUT2D eigenvalue weighted by Crippen LogP contribution is 2.54. The molecule has 0 amide bonds. The van der Waals surface area contributed by atoms with E-state index in [9.17, 15) is 13.2 Å². The molecule has 5 heteroatoms. The maximum atomic E-state index is 13.3. The van der Waals surface area contributed by atoms with E-state index in [4.69, 9.17) is 16.3 Å². The number of hydrogen-bond donors (Lipinski definition) is 0. The van der Waals surface area contributed by atoms with Crippen molar-refractivity contribution in [3.05, 3.63) is 34.3 Å². The molecular formula is C14H14ClF3O. The summed E-state index contributed by atoms with van der Waals surface area (Å²) in [6, 6.07) is 5.21. The first kappa shape index (κ1) is 13.3. The van der Waals surface area contributed by atoms with Gasteiger partial charge < -0.3 is 4.74 Å². The quantitative estimate of drug-likeness (QED) is 0.685. The highest BCUT2D eigenvalue weighted by Gasteiger charge is 2.58. The summed E-state index contributed by atoms with van der Waals surface area (Å²) in [5.41, 5.74) is 0.370. The van der Waals surface area contributed by atoms with Gasteiger partial charge in [-0.15, -0.1) is 0 Å². The summed E-state index contributed by atoms with van der Waals surface area (Å²) < 4.78 is 45.6. The maximum Gasteiger partial charge on any atom is 0.394 e. The van der Waals surface area contributed by atoms with Gasteiger partial charge in [-0.3, -0.25) is 0 Å². The number of rotatable bonds is 0. The van der Waals surface area contributed by atoms with Gasteiger partial charge in [-0.2, -0.15) is 13.2 Å². The van der Waals surface area contributed by atoms with Gasteiger partial charge in [-0.1, -0.05) is 17.7 Å². The second-order valence-electron chi connectivity index (χ2n) is 5.28. The summed E-state index contributed by atoms with van der Waals surface area (Å²) in [6.07, 6.45) is -2.62. The Morgan fingerprint density at radius 2 is 2.11 bits per heavy atom. The van der Waals surface area contributed by atoms with Crippen LogP contribution >= 0.6 is 11.6 Å². The first-order valence-corrected chi connectivity index (χ1v) is 6.81. The molecule has 0 aromatic heterocycles. The van der Waals surface area contributed by atoms with Crippen LogP contribution in [0.5, 0.6) is 0 Å². The third kappa shape index (κ3) is 2.05. The lowest BCUT2D eigenvalue weighted by Crippen LogP contribution is -2.46. The second-order valence-corrected chi connectivity index (χ2v) is 5.71. The Kier molecular flexibility index (Phi) is 3.06. The zero-order valence-electron chi connectivity index (χ0n) is 10.3. The molecule has 104 valence electrons. The minimum atomic E-state index is -4.23. The molecule has 1 saturated heterocycles. The summed E-state index contributed by atoms with van der Waals surface area (Å²) in [5.74, 6) is -1.42. The van der Waals surface area contributed by atoms with Gasteiger partial charge in [0.15, 0.2) is 0 Å². The number of fused-ring (bicyclic) bond motifs is 2. The van der Waals surface area contributed by atoms with Crippen LogP contribution in [0.1, 0.15) is 30.4 Å². The smallest absolute Gasteiger partial charge is 0.370 e. The highest BCUT2D eigenvalue weighted by molar-refractivity contribution is 6.30. The predicted octanol–water partition coefficient (Wildman–Crippen LogP) is 4.47. The largest absolute Gasteiger partial charge is 0.394 e. The van der Waals surface area contributed by atoms with Crippen LogP contribution in [-0.2, 0) is 16.8 Å². The fourth-order valence-electron chi connectivity index (χ4n) is 3.46. The normalized spacial score (nSPS) is 30.6. The number of ether oxygens (including phenoxy) is 1. The van der Waals surface area contributed by atoms with E-state index in [-0.39, 0.29) is 6.42 Å². The molecule has 1 aliphatic carbocycles. The number of hydrogen-bond acceptors (Lipinski definition) is 1. The molecule has 1 nitrogen and oxygen atoms in total. The Balaban J connectivity index is 2.14. The van der Waals surface area contributed by atoms with E-state index in [0.717, 1.165) is 5.56 Å². The molecule has 3 rings (SSSR count). The molecule has 0 radical (unpaired) electrons. The SMILES string of the molecule is FC(F)(F)[C@H]1CCc2ccc(Cl)cc2[C@@]12CCCO2.